The molecule has 2 aromatic carbocycles. The summed E-state index contributed by atoms with van der Waals surface area (Å²) in [6.07, 6.45) is 0. The fourth-order valence-corrected chi connectivity index (χ4v) is 2.71. The first-order valence-corrected chi connectivity index (χ1v) is 9.09. The van der Waals surface area contributed by atoms with Crippen LogP contribution in [0.2, 0.25) is 0 Å². The normalized spacial score (nSPS) is 12.9. The number of benzene rings is 2. The molecule has 0 saturated heterocycles. The van der Waals surface area contributed by atoms with Crippen molar-refractivity contribution >= 4 is 5.96 Å². The molecule has 0 atom stereocenters. The minimum Gasteiger partial charge on any atom is -0.454 e. The summed E-state index contributed by atoms with van der Waals surface area (Å²) in [5, 5.41) is 6.17. The lowest BCUT2D eigenvalue weighted by Crippen LogP contribution is -2.38. The van der Waals surface area contributed by atoms with E-state index in [1.165, 1.54) is 6.07 Å². The van der Waals surface area contributed by atoms with E-state index in [1.807, 2.05) is 30.3 Å². The molecule has 2 N–H and O–H groups in total. The Bertz CT molecular complexity index is 819. The molecule has 7 nitrogen and oxygen atoms in total. The number of alkyl halides is 2. The molecule has 29 heavy (non-hydrogen) atoms. The van der Waals surface area contributed by atoms with Crippen LogP contribution in [-0.2, 0) is 17.9 Å². The first-order chi connectivity index (χ1) is 14.2. The van der Waals surface area contributed by atoms with Crippen LogP contribution >= 0.6 is 0 Å². The van der Waals surface area contributed by atoms with E-state index < -0.39 is 6.61 Å². The van der Waals surface area contributed by atoms with Crippen LogP contribution in [0.15, 0.2) is 47.5 Å². The predicted molar refractivity (Wildman–Crippen MR) is 103 cm³/mol. The maximum atomic E-state index is 12.7. The van der Waals surface area contributed by atoms with Gasteiger partial charge in [0.05, 0.1) is 13.2 Å². The van der Waals surface area contributed by atoms with E-state index in [9.17, 15) is 8.78 Å². The first-order valence-electron chi connectivity index (χ1n) is 9.09. The van der Waals surface area contributed by atoms with Gasteiger partial charge in [-0.3, -0.25) is 4.99 Å². The molecule has 0 bridgehead atoms. The Hall–Kier alpha value is -3.07. The molecule has 9 heteroatoms. The van der Waals surface area contributed by atoms with Crippen LogP contribution < -0.4 is 24.8 Å². The van der Waals surface area contributed by atoms with Gasteiger partial charge in [0.25, 0.3) is 0 Å². The molecule has 0 aromatic heterocycles. The number of nitrogens with zero attached hydrogens (tertiary/aromatic N) is 1. The second-order valence-corrected chi connectivity index (χ2v) is 6.08. The molecular formula is C20H23F2N3O4. The van der Waals surface area contributed by atoms with Crippen molar-refractivity contribution in [2.75, 3.05) is 27.0 Å². The summed E-state index contributed by atoms with van der Waals surface area (Å²) >= 11 is 0. The van der Waals surface area contributed by atoms with Gasteiger partial charge in [0.2, 0.25) is 6.79 Å². The third-order valence-electron chi connectivity index (χ3n) is 4.09. The van der Waals surface area contributed by atoms with Crippen LogP contribution in [0.1, 0.15) is 11.1 Å². The molecule has 2 aromatic rings. The lowest BCUT2D eigenvalue weighted by atomic mass is 10.1. The van der Waals surface area contributed by atoms with Crippen LogP contribution in [0.4, 0.5) is 8.78 Å². The molecular weight excluding hydrogens is 384 g/mol. The van der Waals surface area contributed by atoms with Crippen molar-refractivity contribution in [1.29, 1.82) is 0 Å². The van der Waals surface area contributed by atoms with Gasteiger partial charge in [0, 0.05) is 31.8 Å². The average Bonchev–Trinajstić information content (AvgIpc) is 3.17. The van der Waals surface area contributed by atoms with Gasteiger partial charge in [-0.25, -0.2) is 0 Å². The van der Waals surface area contributed by atoms with Crippen molar-refractivity contribution in [3.8, 4) is 17.2 Å². The molecule has 1 heterocycles. The molecule has 3 rings (SSSR count). The zero-order valence-electron chi connectivity index (χ0n) is 16.0. The maximum Gasteiger partial charge on any atom is 0.387 e. The fraction of sp³-hybridized carbons (Fsp3) is 0.350. The van der Waals surface area contributed by atoms with E-state index >= 15 is 0 Å². The number of hydrogen-bond donors (Lipinski definition) is 2. The quantitative estimate of drug-likeness (QED) is 0.378. The lowest BCUT2D eigenvalue weighted by Gasteiger charge is -2.15. The SMILES string of the molecule is CN=C(NCCOCc1ccccc1)NCc1cc2c(cc1OC(F)F)OCO2. The molecule has 0 spiro atoms. The van der Waals surface area contributed by atoms with Gasteiger partial charge in [-0.2, -0.15) is 8.78 Å². The molecule has 0 aliphatic carbocycles. The summed E-state index contributed by atoms with van der Waals surface area (Å²) in [5.74, 6) is 1.40. The van der Waals surface area contributed by atoms with Gasteiger partial charge in [-0.05, 0) is 11.6 Å². The van der Waals surface area contributed by atoms with Crippen molar-refractivity contribution in [3.05, 3.63) is 53.6 Å². The highest BCUT2D eigenvalue weighted by Crippen LogP contribution is 2.38. The Morgan fingerprint density at radius 1 is 1.14 bits per heavy atom. The Morgan fingerprint density at radius 3 is 2.62 bits per heavy atom. The zero-order chi connectivity index (χ0) is 20.5. The number of guanidine groups is 1. The molecule has 0 fully saturated rings. The molecule has 156 valence electrons. The molecule has 1 aliphatic heterocycles. The number of rotatable bonds is 9. The van der Waals surface area contributed by atoms with E-state index in [4.69, 9.17) is 14.2 Å². The van der Waals surface area contributed by atoms with Crippen LogP contribution in [0.25, 0.3) is 0 Å². The second kappa shape index (κ2) is 10.5. The Balaban J connectivity index is 1.47. The third kappa shape index (κ3) is 6.21. The van der Waals surface area contributed by atoms with Crippen LogP contribution in [0.3, 0.4) is 0 Å². The highest BCUT2D eigenvalue weighted by atomic mass is 19.3. The Kier molecular flexibility index (Phi) is 7.46. The highest BCUT2D eigenvalue weighted by molar-refractivity contribution is 5.79. The van der Waals surface area contributed by atoms with E-state index in [2.05, 4.69) is 20.4 Å². The Morgan fingerprint density at radius 2 is 1.90 bits per heavy atom. The van der Waals surface area contributed by atoms with Gasteiger partial charge in [-0.1, -0.05) is 30.3 Å². The molecule has 0 saturated carbocycles. The fourth-order valence-electron chi connectivity index (χ4n) is 2.71. The first kappa shape index (κ1) is 20.7. The molecule has 0 amide bonds. The number of fused-ring (bicyclic) bond motifs is 1. The van der Waals surface area contributed by atoms with Gasteiger partial charge >= 0.3 is 6.61 Å². The average molecular weight is 407 g/mol. The monoisotopic (exact) mass is 407 g/mol. The molecule has 0 unspecified atom stereocenters. The van der Waals surface area contributed by atoms with Crippen molar-refractivity contribution in [2.45, 2.75) is 19.8 Å². The van der Waals surface area contributed by atoms with E-state index in [1.54, 1.807) is 13.1 Å². The smallest absolute Gasteiger partial charge is 0.387 e. The van der Waals surface area contributed by atoms with E-state index in [0.717, 1.165) is 5.56 Å². The van der Waals surface area contributed by atoms with Gasteiger partial charge in [0.15, 0.2) is 17.5 Å². The number of halogens is 2. The number of ether oxygens (including phenoxy) is 4. The van der Waals surface area contributed by atoms with Crippen molar-refractivity contribution in [1.82, 2.24) is 10.6 Å². The van der Waals surface area contributed by atoms with Crippen molar-refractivity contribution < 1.29 is 27.7 Å². The minimum atomic E-state index is -2.94. The van der Waals surface area contributed by atoms with Crippen molar-refractivity contribution in [2.24, 2.45) is 4.99 Å². The summed E-state index contributed by atoms with van der Waals surface area (Å²) in [6.45, 7) is -1.13. The summed E-state index contributed by atoms with van der Waals surface area (Å²) in [6, 6.07) is 12.9. The second-order valence-electron chi connectivity index (χ2n) is 6.08. The molecule has 1 aliphatic rings. The highest BCUT2D eigenvalue weighted by Gasteiger charge is 2.20. The molecule has 0 radical (unpaired) electrons. The standard InChI is InChI=1S/C20H23F2N3O4/c1-23-20(24-7-8-26-12-14-5-3-2-4-6-14)25-11-15-9-17-18(28-13-27-17)10-16(15)29-19(21)22/h2-6,9-10,19H,7-8,11-13H2,1H3,(H2,23,24,25). The lowest BCUT2D eigenvalue weighted by molar-refractivity contribution is -0.0505. The van der Waals surface area contributed by atoms with Crippen LogP contribution in [0, 0.1) is 0 Å². The number of hydrogen-bond acceptors (Lipinski definition) is 5. The topological polar surface area (TPSA) is 73.3 Å². The number of aliphatic imine (C=N–C) groups is 1. The largest absolute Gasteiger partial charge is 0.454 e. The minimum absolute atomic E-state index is 0.0263. The maximum absolute atomic E-state index is 12.7. The summed E-state index contributed by atoms with van der Waals surface area (Å²) in [4.78, 5) is 4.12. The summed E-state index contributed by atoms with van der Waals surface area (Å²) < 4.78 is 46.2. The van der Waals surface area contributed by atoms with E-state index in [0.29, 0.717) is 42.8 Å². The van der Waals surface area contributed by atoms with Crippen molar-refractivity contribution in [3.63, 3.8) is 0 Å². The van der Waals surface area contributed by atoms with Gasteiger partial charge in [0.1, 0.15) is 5.75 Å². The zero-order valence-corrected chi connectivity index (χ0v) is 16.0. The third-order valence-corrected chi connectivity index (χ3v) is 4.09. The van der Waals surface area contributed by atoms with Gasteiger partial charge < -0.3 is 29.6 Å². The van der Waals surface area contributed by atoms with Crippen LogP contribution in [-0.4, -0.2) is 39.6 Å². The summed E-state index contributed by atoms with van der Waals surface area (Å²) in [7, 11) is 1.62. The van der Waals surface area contributed by atoms with Crippen LogP contribution in [0.5, 0.6) is 17.2 Å². The van der Waals surface area contributed by atoms with Gasteiger partial charge in [-0.15, -0.1) is 0 Å². The summed E-state index contributed by atoms with van der Waals surface area (Å²) in [5.41, 5.74) is 1.60. The Labute approximate surface area is 167 Å². The number of nitrogens with one attached hydrogen (secondary N) is 2. The predicted octanol–water partition coefficient (Wildman–Crippen LogP) is 2.90. The van der Waals surface area contributed by atoms with E-state index in [-0.39, 0.29) is 19.1 Å².